The fourth-order valence-corrected chi connectivity index (χ4v) is 2.47. The van der Waals surface area contributed by atoms with Gasteiger partial charge in [0.05, 0.1) is 17.6 Å². The van der Waals surface area contributed by atoms with E-state index >= 15 is 0 Å². The summed E-state index contributed by atoms with van der Waals surface area (Å²) in [4.78, 5) is 8.91. The van der Waals surface area contributed by atoms with E-state index in [1.807, 2.05) is 24.3 Å². The van der Waals surface area contributed by atoms with Gasteiger partial charge in [0, 0.05) is 24.0 Å². The summed E-state index contributed by atoms with van der Waals surface area (Å²) < 4.78 is 2.20. The lowest BCUT2D eigenvalue weighted by atomic mass is 10.2. The van der Waals surface area contributed by atoms with Crippen molar-refractivity contribution < 1.29 is 5.11 Å². The third-order valence-corrected chi connectivity index (χ3v) is 3.35. The Labute approximate surface area is 117 Å². The van der Waals surface area contributed by atoms with Gasteiger partial charge in [0.1, 0.15) is 5.82 Å². The van der Waals surface area contributed by atoms with E-state index in [-0.39, 0.29) is 6.61 Å². The number of pyridine rings is 1. The summed E-state index contributed by atoms with van der Waals surface area (Å²) in [7, 11) is 0. The lowest BCUT2D eigenvalue weighted by molar-refractivity contribution is 0.281. The van der Waals surface area contributed by atoms with Gasteiger partial charge in [-0.25, -0.2) is 4.98 Å². The number of aliphatic hydroxyl groups excluding tert-OH is 1. The Hall–Kier alpha value is -2.20. The summed E-state index contributed by atoms with van der Waals surface area (Å²) in [6.07, 6.45) is 3.46. The minimum Gasteiger partial charge on any atom is -0.392 e. The summed E-state index contributed by atoms with van der Waals surface area (Å²) in [5.41, 5.74) is 3.82. The van der Waals surface area contributed by atoms with Gasteiger partial charge < -0.3 is 9.67 Å². The van der Waals surface area contributed by atoms with Crippen LogP contribution in [0.15, 0.2) is 42.7 Å². The second-order valence-corrected chi connectivity index (χ2v) is 5.13. The molecule has 0 aliphatic rings. The van der Waals surface area contributed by atoms with Gasteiger partial charge in [-0.3, -0.25) is 4.98 Å². The summed E-state index contributed by atoms with van der Waals surface area (Å²) in [5.74, 6) is 0.893. The van der Waals surface area contributed by atoms with E-state index in [2.05, 4.69) is 29.5 Å². The Balaban J connectivity index is 2.26. The minimum absolute atomic E-state index is 0.0112. The predicted molar refractivity (Wildman–Crippen MR) is 79.3 cm³/mol. The first kappa shape index (κ1) is 12.8. The quantitative estimate of drug-likeness (QED) is 0.793. The summed E-state index contributed by atoms with van der Waals surface area (Å²) in [6, 6.07) is 10.3. The smallest absolute Gasteiger partial charge is 0.142 e. The van der Waals surface area contributed by atoms with Gasteiger partial charge in [0.25, 0.3) is 0 Å². The zero-order chi connectivity index (χ0) is 14.1. The number of fused-ring (bicyclic) bond motifs is 1. The first-order chi connectivity index (χ1) is 9.70. The van der Waals surface area contributed by atoms with Crippen LogP contribution in [0.4, 0.5) is 0 Å². The predicted octanol–water partition coefficient (Wildman–Crippen LogP) is 3.17. The number of para-hydroxylation sites is 2. The van der Waals surface area contributed by atoms with Gasteiger partial charge in [-0.2, -0.15) is 0 Å². The maximum Gasteiger partial charge on any atom is 0.142 e. The van der Waals surface area contributed by atoms with Gasteiger partial charge in [0.2, 0.25) is 0 Å². The van der Waals surface area contributed by atoms with Gasteiger partial charge in [-0.1, -0.05) is 12.1 Å². The largest absolute Gasteiger partial charge is 0.392 e. The maximum atomic E-state index is 9.26. The Bertz CT molecular complexity index is 746. The molecule has 0 spiro atoms. The number of aliphatic hydroxyl groups is 1. The average molecular weight is 267 g/mol. The van der Waals surface area contributed by atoms with Crippen molar-refractivity contribution in [2.24, 2.45) is 0 Å². The third-order valence-electron chi connectivity index (χ3n) is 3.35. The number of imidazole rings is 1. The van der Waals surface area contributed by atoms with E-state index in [4.69, 9.17) is 4.98 Å². The average Bonchev–Trinajstić information content (AvgIpc) is 2.87. The normalized spacial score (nSPS) is 11.4. The zero-order valence-electron chi connectivity index (χ0n) is 11.6. The molecule has 2 aromatic heterocycles. The molecule has 0 bridgehead atoms. The fourth-order valence-electron chi connectivity index (χ4n) is 2.47. The molecule has 4 nitrogen and oxygen atoms in total. The molecule has 3 rings (SSSR count). The van der Waals surface area contributed by atoms with Crippen molar-refractivity contribution in [2.75, 3.05) is 0 Å². The Kier molecular flexibility index (Phi) is 3.24. The monoisotopic (exact) mass is 267 g/mol. The number of hydrogen-bond donors (Lipinski definition) is 1. The Morgan fingerprint density at radius 2 is 2.00 bits per heavy atom. The van der Waals surface area contributed by atoms with Gasteiger partial charge in [0.15, 0.2) is 0 Å². The summed E-state index contributed by atoms with van der Waals surface area (Å²) in [5, 5.41) is 9.26. The standard InChI is InChI=1S/C16H17N3O/c1-11(2)19-15-6-4-3-5-14(15)18-16(19)13-7-12(10-20)8-17-9-13/h3-9,11,20H,10H2,1-2H3. The molecule has 102 valence electrons. The Morgan fingerprint density at radius 3 is 2.75 bits per heavy atom. The van der Waals surface area contributed by atoms with Crippen LogP contribution in [0.5, 0.6) is 0 Å². The van der Waals surface area contributed by atoms with Crippen molar-refractivity contribution >= 4 is 11.0 Å². The maximum absolute atomic E-state index is 9.26. The van der Waals surface area contributed by atoms with Crippen molar-refractivity contribution in [1.82, 2.24) is 14.5 Å². The fraction of sp³-hybridized carbons (Fsp3) is 0.250. The number of benzene rings is 1. The van der Waals surface area contributed by atoms with Crippen LogP contribution in [0.3, 0.4) is 0 Å². The van der Waals surface area contributed by atoms with Crippen LogP contribution in [0.2, 0.25) is 0 Å². The van der Waals surface area contributed by atoms with Crippen LogP contribution in [-0.4, -0.2) is 19.6 Å². The summed E-state index contributed by atoms with van der Waals surface area (Å²) >= 11 is 0. The molecule has 0 saturated heterocycles. The highest BCUT2D eigenvalue weighted by molar-refractivity contribution is 5.80. The molecular weight excluding hydrogens is 250 g/mol. The minimum atomic E-state index is -0.0112. The molecule has 4 heteroatoms. The molecule has 0 aliphatic heterocycles. The second-order valence-electron chi connectivity index (χ2n) is 5.13. The first-order valence-corrected chi connectivity index (χ1v) is 6.73. The zero-order valence-corrected chi connectivity index (χ0v) is 11.6. The molecule has 0 amide bonds. The van der Waals surface area contributed by atoms with Crippen LogP contribution in [-0.2, 0) is 6.61 Å². The van der Waals surface area contributed by atoms with Crippen LogP contribution < -0.4 is 0 Å². The molecule has 1 N–H and O–H groups in total. The number of hydrogen-bond acceptors (Lipinski definition) is 3. The molecule has 0 aliphatic carbocycles. The molecule has 2 heterocycles. The third kappa shape index (κ3) is 2.08. The van der Waals surface area contributed by atoms with Crippen LogP contribution >= 0.6 is 0 Å². The highest BCUT2D eigenvalue weighted by atomic mass is 16.3. The van der Waals surface area contributed by atoms with Gasteiger partial charge in [-0.05, 0) is 37.6 Å². The number of rotatable bonds is 3. The molecule has 0 unspecified atom stereocenters. The van der Waals surface area contributed by atoms with Crippen LogP contribution in [0.1, 0.15) is 25.5 Å². The van der Waals surface area contributed by atoms with Crippen molar-refractivity contribution in [3.8, 4) is 11.4 Å². The lowest BCUT2D eigenvalue weighted by Crippen LogP contribution is -2.03. The Morgan fingerprint density at radius 1 is 1.20 bits per heavy atom. The summed E-state index contributed by atoms with van der Waals surface area (Å²) in [6.45, 7) is 4.27. The molecule has 0 saturated carbocycles. The van der Waals surface area contributed by atoms with E-state index in [0.717, 1.165) is 28.0 Å². The second kappa shape index (κ2) is 5.06. The van der Waals surface area contributed by atoms with E-state index in [1.54, 1.807) is 12.4 Å². The SMILES string of the molecule is CC(C)n1c(-c2cncc(CO)c2)nc2ccccc21. The van der Waals surface area contributed by atoms with Crippen LogP contribution in [0.25, 0.3) is 22.4 Å². The molecular formula is C16H17N3O. The van der Waals surface area contributed by atoms with Crippen LogP contribution in [0, 0.1) is 0 Å². The van der Waals surface area contributed by atoms with Gasteiger partial charge >= 0.3 is 0 Å². The van der Waals surface area contributed by atoms with Crippen molar-refractivity contribution in [1.29, 1.82) is 0 Å². The topological polar surface area (TPSA) is 50.9 Å². The lowest BCUT2D eigenvalue weighted by Gasteiger charge is -2.13. The van der Waals surface area contributed by atoms with E-state index in [1.165, 1.54) is 0 Å². The molecule has 0 atom stereocenters. The number of aromatic nitrogens is 3. The number of nitrogens with zero attached hydrogens (tertiary/aromatic N) is 3. The van der Waals surface area contributed by atoms with Crippen molar-refractivity contribution in [2.45, 2.75) is 26.5 Å². The highest BCUT2D eigenvalue weighted by Crippen LogP contribution is 2.28. The molecule has 0 fully saturated rings. The van der Waals surface area contributed by atoms with E-state index < -0.39 is 0 Å². The van der Waals surface area contributed by atoms with E-state index in [0.29, 0.717) is 6.04 Å². The molecule has 3 aromatic rings. The van der Waals surface area contributed by atoms with E-state index in [9.17, 15) is 5.11 Å². The van der Waals surface area contributed by atoms with Crippen molar-refractivity contribution in [3.05, 3.63) is 48.3 Å². The molecule has 1 aromatic carbocycles. The highest BCUT2D eigenvalue weighted by Gasteiger charge is 2.14. The molecule has 20 heavy (non-hydrogen) atoms. The first-order valence-electron chi connectivity index (χ1n) is 6.73. The van der Waals surface area contributed by atoms with Gasteiger partial charge in [-0.15, -0.1) is 0 Å². The molecule has 0 radical (unpaired) electrons. The van der Waals surface area contributed by atoms with Crippen molar-refractivity contribution in [3.63, 3.8) is 0 Å².